The summed E-state index contributed by atoms with van der Waals surface area (Å²) in [5.41, 5.74) is 2.09. The zero-order valence-corrected chi connectivity index (χ0v) is 14.0. The van der Waals surface area contributed by atoms with Gasteiger partial charge in [0.25, 0.3) is 0 Å². The normalized spacial score (nSPS) is 12.7. The van der Waals surface area contributed by atoms with Gasteiger partial charge in [-0.1, -0.05) is 46.7 Å². The number of hydrogen-bond acceptors (Lipinski definition) is 4. The van der Waals surface area contributed by atoms with Gasteiger partial charge in [0, 0.05) is 16.7 Å². The van der Waals surface area contributed by atoms with Gasteiger partial charge >= 0.3 is 5.35 Å². The van der Waals surface area contributed by atoms with Crippen molar-refractivity contribution in [3.63, 3.8) is 0 Å². The zero-order valence-electron chi connectivity index (χ0n) is 13.3. The molecule has 0 saturated heterocycles. The van der Waals surface area contributed by atoms with Crippen LogP contribution in [-0.4, -0.2) is 15.2 Å². The fraction of sp³-hybridized carbons (Fsp3) is 0.500. The molecule has 1 N–H and O–H groups in total. The molecule has 21 heavy (non-hydrogen) atoms. The summed E-state index contributed by atoms with van der Waals surface area (Å²) in [7, 11) is 0. The Morgan fingerprint density at radius 2 is 1.48 bits per heavy atom. The summed E-state index contributed by atoms with van der Waals surface area (Å²) >= 11 is 5.71. The second kappa shape index (κ2) is 5.02. The Labute approximate surface area is 130 Å². The van der Waals surface area contributed by atoms with Crippen molar-refractivity contribution in [2.45, 2.75) is 52.4 Å². The molecule has 0 atom stereocenters. The summed E-state index contributed by atoms with van der Waals surface area (Å²) in [6.07, 6.45) is 0. The van der Waals surface area contributed by atoms with Crippen molar-refractivity contribution in [2.75, 3.05) is 0 Å². The van der Waals surface area contributed by atoms with Crippen LogP contribution in [0, 0.1) is 0 Å². The molecule has 0 fully saturated rings. The van der Waals surface area contributed by atoms with Gasteiger partial charge in [0.05, 0.1) is 0 Å². The van der Waals surface area contributed by atoms with Crippen LogP contribution in [0.3, 0.4) is 0 Å². The van der Waals surface area contributed by atoms with E-state index in [2.05, 4.69) is 51.7 Å². The van der Waals surface area contributed by atoms with Crippen molar-refractivity contribution in [1.82, 2.24) is 10.1 Å². The van der Waals surface area contributed by atoms with Crippen LogP contribution < -0.4 is 0 Å². The largest absolute Gasteiger partial charge is 0.507 e. The molecule has 114 valence electrons. The van der Waals surface area contributed by atoms with Crippen LogP contribution in [0.5, 0.6) is 5.75 Å². The van der Waals surface area contributed by atoms with Crippen LogP contribution >= 0.6 is 11.6 Å². The second-order valence-electron chi connectivity index (χ2n) is 7.29. The molecular formula is C16H21ClN2O2. The van der Waals surface area contributed by atoms with Crippen LogP contribution in [0.25, 0.3) is 11.4 Å². The lowest BCUT2D eigenvalue weighted by atomic mass is 9.78. The highest BCUT2D eigenvalue weighted by Crippen LogP contribution is 2.41. The second-order valence-corrected chi connectivity index (χ2v) is 7.61. The van der Waals surface area contributed by atoms with Crippen molar-refractivity contribution in [1.29, 1.82) is 0 Å². The zero-order chi connectivity index (χ0) is 16.0. The lowest BCUT2D eigenvalue weighted by molar-refractivity contribution is 0.419. The van der Waals surface area contributed by atoms with Gasteiger partial charge in [-0.3, -0.25) is 0 Å². The van der Waals surface area contributed by atoms with Crippen LogP contribution in [0.15, 0.2) is 16.7 Å². The summed E-state index contributed by atoms with van der Waals surface area (Å²) in [5.74, 6) is 0.754. The Balaban J connectivity index is 2.74. The average molecular weight is 309 g/mol. The molecule has 0 bridgehead atoms. The van der Waals surface area contributed by atoms with Crippen molar-refractivity contribution in [2.24, 2.45) is 0 Å². The van der Waals surface area contributed by atoms with Gasteiger partial charge in [-0.25, -0.2) is 0 Å². The average Bonchev–Trinajstić information content (AvgIpc) is 2.73. The number of nitrogens with zero attached hydrogens (tertiary/aromatic N) is 2. The van der Waals surface area contributed by atoms with E-state index < -0.39 is 0 Å². The maximum absolute atomic E-state index is 10.6. The summed E-state index contributed by atoms with van der Waals surface area (Å²) in [6.45, 7) is 12.3. The monoisotopic (exact) mass is 308 g/mol. The van der Waals surface area contributed by atoms with Crippen molar-refractivity contribution >= 4 is 11.6 Å². The lowest BCUT2D eigenvalue weighted by Gasteiger charge is -2.27. The molecule has 5 heteroatoms. The number of halogens is 1. The van der Waals surface area contributed by atoms with E-state index >= 15 is 0 Å². The molecule has 0 aliphatic rings. The summed E-state index contributed by atoms with van der Waals surface area (Å²) in [5, 5.41) is 14.5. The van der Waals surface area contributed by atoms with E-state index in [9.17, 15) is 5.11 Å². The summed E-state index contributed by atoms with van der Waals surface area (Å²) in [6, 6.07) is 3.79. The third kappa shape index (κ3) is 3.21. The molecule has 1 aromatic carbocycles. The van der Waals surface area contributed by atoms with Crippen LogP contribution in [-0.2, 0) is 10.8 Å². The molecule has 0 spiro atoms. The predicted octanol–water partition coefficient (Wildman–Crippen LogP) is 4.69. The quantitative estimate of drug-likeness (QED) is 0.830. The molecule has 1 heterocycles. The van der Waals surface area contributed by atoms with Crippen LogP contribution in [0.1, 0.15) is 52.7 Å². The molecule has 2 rings (SSSR count). The van der Waals surface area contributed by atoms with Gasteiger partial charge in [-0.2, -0.15) is 4.98 Å². The molecular weight excluding hydrogens is 288 g/mol. The molecule has 2 aromatic rings. The molecule has 0 amide bonds. The van der Waals surface area contributed by atoms with Gasteiger partial charge in [0.2, 0.25) is 5.82 Å². The molecule has 4 nitrogen and oxygen atoms in total. The highest BCUT2D eigenvalue weighted by atomic mass is 35.5. The first-order chi connectivity index (χ1) is 9.50. The number of aromatic hydroxyl groups is 1. The van der Waals surface area contributed by atoms with Gasteiger partial charge < -0.3 is 9.63 Å². The van der Waals surface area contributed by atoms with Crippen LogP contribution in [0.2, 0.25) is 5.35 Å². The number of hydrogen-bond donors (Lipinski definition) is 1. The number of phenols is 1. The van der Waals surface area contributed by atoms with Crippen molar-refractivity contribution in [3.05, 3.63) is 28.6 Å². The van der Waals surface area contributed by atoms with E-state index in [0.29, 0.717) is 11.6 Å². The Morgan fingerprint density at radius 3 is 1.81 bits per heavy atom. The first-order valence-corrected chi connectivity index (χ1v) is 7.25. The molecule has 0 aliphatic carbocycles. The minimum absolute atomic E-state index is 0.00712. The SMILES string of the molecule is CC(C)(C)c1cc(-c2noc(Cl)n2)cc(C(C)(C)C)c1O. The topological polar surface area (TPSA) is 59.2 Å². The lowest BCUT2D eigenvalue weighted by Crippen LogP contribution is -2.17. The van der Waals surface area contributed by atoms with Gasteiger partial charge in [0.15, 0.2) is 0 Å². The van der Waals surface area contributed by atoms with E-state index in [1.807, 2.05) is 12.1 Å². The highest BCUT2D eigenvalue weighted by Gasteiger charge is 2.27. The van der Waals surface area contributed by atoms with Crippen LogP contribution in [0.4, 0.5) is 0 Å². The van der Waals surface area contributed by atoms with E-state index in [-0.39, 0.29) is 16.2 Å². The molecule has 0 radical (unpaired) electrons. The third-order valence-electron chi connectivity index (χ3n) is 3.39. The smallest absolute Gasteiger partial charge is 0.320 e. The Morgan fingerprint density at radius 1 is 1.00 bits per heavy atom. The van der Waals surface area contributed by atoms with Gasteiger partial charge in [0.1, 0.15) is 5.75 Å². The Kier molecular flexibility index (Phi) is 3.79. The number of phenolic OH excluding ortho intramolecular Hbond substituents is 1. The third-order valence-corrected chi connectivity index (χ3v) is 3.54. The predicted molar refractivity (Wildman–Crippen MR) is 83.8 cm³/mol. The standard InChI is InChI=1S/C16H21ClN2O2/c1-15(2,3)10-7-9(13-18-14(17)21-19-13)8-11(12(10)20)16(4,5)6/h7-8,20H,1-6H3. The Hall–Kier alpha value is -1.55. The number of aromatic nitrogens is 2. The first-order valence-electron chi connectivity index (χ1n) is 6.87. The number of benzene rings is 1. The van der Waals surface area contributed by atoms with Crippen molar-refractivity contribution < 1.29 is 9.63 Å². The fourth-order valence-electron chi connectivity index (χ4n) is 2.23. The van der Waals surface area contributed by atoms with Gasteiger partial charge in [-0.05, 0) is 34.6 Å². The van der Waals surface area contributed by atoms with Crippen molar-refractivity contribution in [3.8, 4) is 17.1 Å². The summed E-state index contributed by atoms with van der Waals surface area (Å²) in [4.78, 5) is 4.06. The minimum Gasteiger partial charge on any atom is -0.507 e. The molecule has 1 aromatic heterocycles. The minimum atomic E-state index is -0.201. The maximum atomic E-state index is 10.6. The number of rotatable bonds is 1. The van der Waals surface area contributed by atoms with Gasteiger partial charge in [-0.15, -0.1) is 0 Å². The van der Waals surface area contributed by atoms with E-state index in [1.54, 1.807) is 0 Å². The Bertz CT molecular complexity index is 629. The molecule has 0 aliphatic heterocycles. The fourth-order valence-corrected chi connectivity index (χ4v) is 2.34. The highest BCUT2D eigenvalue weighted by molar-refractivity contribution is 6.27. The van der Waals surface area contributed by atoms with E-state index in [0.717, 1.165) is 16.7 Å². The van der Waals surface area contributed by atoms with E-state index in [1.165, 1.54) is 0 Å². The maximum Gasteiger partial charge on any atom is 0.320 e. The first kappa shape index (κ1) is 15.8. The molecule has 0 saturated carbocycles. The summed E-state index contributed by atoms with van der Waals surface area (Å²) < 4.78 is 4.84. The molecule has 0 unspecified atom stereocenters. The van der Waals surface area contributed by atoms with E-state index in [4.69, 9.17) is 16.1 Å².